The summed E-state index contributed by atoms with van der Waals surface area (Å²) < 4.78 is 0. The molecule has 0 fully saturated rings. The number of allylic oxidation sites excluding steroid dienone is 5. The molecule has 0 aliphatic heterocycles. The SMILES string of the molecule is C=C/C(C)=C\C(C)=C(/C)CC. The lowest BCUT2D eigenvalue weighted by Crippen LogP contribution is -1.79. The Balaban J connectivity index is 4.49. The number of rotatable bonds is 3. The van der Waals surface area contributed by atoms with Crippen LogP contribution in [0.2, 0.25) is 0 Å². The smallest absolute Gasteiger partial charge is 0.0346 e. The molecule has 0 amide bonds. The van der Waals surface area contributed by atoms with Gasteiger partial charge in [-0.25, -0.2) is 0 Å². The third-order valence-corrected chi connectivity index (χ3v) is 1.97. The Morgan fingerprint density at radius 2 is 1.82 bits per heavy atom. The van der Waals surface area contributed by atoms with Crippen molar-refractivity contribution >= 4 is 0 Å². The van der Waals surface area contributed by atoms with E-state index in [0.717, 1.165) is 6.42 Å². The van der Waals surface area contributed by atoms with E-state index < -0.39 is 0 Å². The molecular formula is C11H18. The molecular weight excluding hydrogens is 132 g/mol. The molecule has 62 valence electrons. The maximum absolute atomic E-state index is 3.71. The Morgan fingerprint density at radius 3 is 2.18 bits per heavy atom. The van der Waals surface area contributed by atoms with Gasteiger partial charge in [0.2, 0.25) is 0 Å². The standard InChI is InChI=1S/C11H18/c1-6-9(3)8-11(5)10(4)7-2/h6,8H,1,7H2,2-5H3/b9-8-,11-10+. The van der Waals surface area contributed by atoms with Crippen LogP contribution in [-0.2, 0) is 0 Å². The summed E-state index contributed by atoms with van der Waals surface area (Å²) in [6.07, 6.45) is 5.19. The molecule has 0 atom stereocenters. The first-order valence-corrected chi connectivity index (χ1v) is 4.08. The van der Waals surface area contributed by atoms with Crippen LogP contribution < -0.4 is 0 Å². The van der Waals surface area contributed by atoms with Crippen LogP contribution in [0, 0.1) is 0 Å². The molecule has 0 aromatic carbocycles. The highest BCUT2D eigenvalue weighted by atomic mass is 14.0. The van der Waals surface area contributed by atoms with E-state index in [1.165, 1.54) is 16.7 Å². The molecule has 11 heavy (non-hydrogen) atoms. The molecule has 0 heterocycles. The molecule has 0 radical (unpaired) electrons. The summed E-state index contributed by atoms with van der Waals surface area (Å²) in [4.78, 5) is 0. The van der Waals surface area contributed by atoms with Crippen LogP contribution in [0.25, 0.3) is 0 Å². The van der Waals surface area contributed by atoms with Gasteiger partial charge in [0.05, 0.1) is 0 Å². The zero-order valence-electron chi connectivity index (χ0n) is 8.07. The van der Waals surface area contributed by atoms with E-state index >= 15 is 0 Å². The maximum atomic E-state index is 3.71. The highest BCUT2D eigenvalue weighted by molar-refractivity contribution is 5.29. The molecule has 0 rings (SSSR count). The summed E-state index contributed by atoms with van der Waals surface area (Å²) in [7, 11) is 0. The van der Waals surface area contributed by atoms with Crippen molar-refractivity contribution in [1.29, 1.82) is 0 Å². The van der Waals surface area contributed by atoms with Crippen molar-refractivity contribution in [3.8, 4) is 0 Å². The lowest BCUT2D eigenvalue weighted by atomic mass is 10.1. The highest BCUT2D eigenvalue weighted by Crippen LogP contribution is 2.10. The fraction of sp³-hybridized carbons (Fsp3) is 0.455. The van der Waals surface area contributed by atoms with Gasteiger partial charge in [0.1, 0.15) is 0 Å². The van der Waals surface area contributed by atoms with Crippen molar-refractivity contribution in [2.75, 3.05) is 0 Å². The van der Waals surface area contributed by atoms with Crippen LogP contribution in [0.4, 0.5) is 0 Å². The molecule has 0 heteroatoms. The van der Waals surface area contributed by atoms with E-state index in [-0.39, 0.29) is 0 Å². The zero-order valence-corrected chi connectivity index (χ0v) is 8.07. The van der Waals surface area contributed by atoms with Crippen molar-refractivity contribution in [2.24, 2.45) is 0 Å². The summed E-state index contributed by atoms with van der Waals surface area (Å²) >= 11 is 0. The predicted molar refractivity (Wildman–Crippen MR) is 52.6 cm³/mol. The van der Waals surface area contributed by atoms with E-state index in [0.29, 0.717) is 0 Å². The van der Waals surface area contributed by atoms with Crippen LogP contribution in [-0.4, -0.2) is 0 Å². The van der Waals surface area contributed by atoms with E-state index in [1.54, 1.807) is 0 Å². The first-order valence-electron chi connectivity index (χ1n) is 4.08. The monoisotopic (exact) mass is 150 g/mol. The molecule has 0 aliphatic rings. The van der Waals surface area contributed by atoms with Crippen LogP contribution >= 0.6 is 0 Å². The topological polar surface area (TPSA) is 0 Å². The molecule has 0 N–H and O–H groups in total. The Kier molecular flexibility index (Phi) is 4.60. The lowest BCUT2D eigenvalue weighted by Gasteiger charge is -2.00. The molecule has 0 saturated carbocycles. The molecule has 0 aromatic rings. The van der Waals surface area contributed by atoms with E-state index in [4.69, 9.17) is 0 Å². The normalized spacial score (nSPS) is 14.4. The summed E-state index contributed by atoms with van der Waals surface area (Å²) in [5, 5.41) is 0. The van der Waals surface area contributed by atoms with E-state index in [1.807, 2.05) is 6.08 Å². The van der Waals surface area contributed by atoms with E-state index in [2.05, 4.69) is 40.3 Å². The molecule has 0 aliphatic carbocycles. The zero-order chi connectivity index (χ0) is 8.85. The molecule has 0 unspecified atom stereocenters. The summed E-state index contributed by atoms with van der Waals surface area (Å²) in [6, 6.07) is 0. The summed E-state index contributed by atoms with van der Waals surface area (Å²) in [5.41, 5.74) is 4.05. The van der Waals surface area contributed by atoms with Gasteiger partial charge in [0.15, 0.2) is 0 Å². The van der Waals surface area contributed by atoms with Crippen molar-refractivity contribution in [3.05, 3.63) is 35.5 Å². The average Bonchev–Trinajstić information content (AvgIpc) is 2.02. The lowest BCUT2D eigenvalue weighted by molar-refractivity contribution is 1.07. The van der Waals surface area contributed by atoms with Gasteiger partial charge in [0.25, 0.3) is 0 Å². The van der Waals surface area contributed by atoms with Gasteiger partial charge >= 0.3 is 0 Å². The van der Waals surface area contributed by atoms with E-state index in [9.17, 15) is 0 Å². The maximum Gasteiger partial charge on any atom is -0.0346 e. The largest absolute Gasteiger partial charge is 0.0988 e. The van der Waals surface area contributed by atoms with Crippen LogP contribution in [0.5, 0.6) is 0 Å². The minimum Gasteiger partial charge on any atom is -0.0988 e. The second-order valence-corrected chi connectivity index (χ2v) is 2.91. The van der Waals surface area contributed by atoms with Gasteiger partial charge < -0.3 is 0 Å². The van der Waals surface area contributed by atoms with Gasteiger partial charge in [-0.1, -0.05) is 42.4 Å². The van der Waals surface area contributed by atoms with Gasteiger partial charge in [-0.2, -0.15) is 0 Å². The van der Waals surface area contributed by atoms with Gasteiger partial charge in [-0.15, -0.1) is 0 Å². The Labute approximate surface area is 70.3 Å². The van der Waals surface area contributed by atoms with Crippen molar-refractivity contribution < 1.29 is 0 Å². The predicted octanol–water partition coefficient (Wildman–Crippen LogP) is 3.87. The van der Waals surface area contributed by atoms with Crippen molar-refractivity contribution in [3.63, 3.8) is 0 Å². The minimum atomic E-state index is 1.13. The molecule has 0 spiro atoms. The van der Waals surface area contributed by atoms with Crippen molar-refractivity contribution in [1.82, 2.24) is 0 Å². The number of hydrogen-bond donors (Lipinski definition) is 0. The Hall–Kier alpha value is -0.780. The first-order chi connectivity index (χ1) is 5.11. The Bertz CT molecular complexity index is 192. The highest BCUT2D eigenvalue weighted by Gasteiger charge is 1.90. The third-order valence-electron chi connectivity index (χ3n) is 1.97. The second-order valence-electron chi connectivity index (χ2n) is 2.91. The van der Waals surface area contributed by atoms with Gasteiger partial charge in [-0.3, -0.25) is 0 Å². The quantitative estimate of drug-likeness (QED) is 0.536. The summed E-state index contributed by atoms with van der Waals surface area (Å²) in [6.45, 7) is 12.3. The number of hydrogen-bond acceptors (Lipinski definition) is 0. The second kappa shape index (κ2) is 4.95. The minimum absolute atomic E-state index is 1.13. The molecule has 0 bridgehead atoms. The van der Waals surface area contributed by atoms with Crippen molar-refractivity contribution in [2.45, 2.75) is 34.1 Å². The fourth-order valence-corrected chi connectivity index (χ4v) is 0.802. The third kappa shape index (κ3) is 3.82. The molecule has 0 aromatic heterocycles. The molecule has 0 saturated heterocycles. The van der Waals surface area contributed by atoms with Gasteiger partial charge in [0, 0.05) is 0 Å². The van der Waals surface area contributed by atoms with Gasteiger partial charge in [-0.05, 0) is 27.2 Å². The van der Waals surface area contributed by atoms with Crippen LogP contribution in [0.1, 0.15) is 34.1 Å². The average molecular weight is 150 g/mol. The summed E-state index contributed by atoms with van der Waals surface area (Å²) in [5.74, 6) is 0. The van der Waals surface area contributed by atoms with Crippen LogP contribution in [0.15, 0.2) is 35.5 Å². The Morgan fingerprint density at radius 1 is 1.27 bits per heavy atom. The fourth-order valence-electron chi connectivity index (χ4n) is 0.802. The first kappa shape index (κ1) is 10.2. The van der Waals surface area contributed by atoms with Crippen LogP contribution in [0.3, 0.4) is 0 Å². The molecule has 0 nitrogen and oxygen atoms in total.